The van der Waals surface area contributed by atoms with Crippen molar-refractivity contribution in [3.05, 3.63) is 47.5 Å². The van der Waals surface area contributed by atoms with E-state index in [4.69, 9.17) is 14.3 Å². The fourth-order valence-corrected chi connectivity index (χ4v) is 6.47. The Kier molecular flexibility index (Phi) is 8.68. The predicted octanol–water partition coefficient (Wildman–Crippen LogP) is 4.39. The maximum atomic E-state index is 13.8. The first kappa shape index (κ1) is 27.9. The highest BCUT2D eigenvalue weighted by atomic mass is 32.2. The van der Waals surface area contributed by atoms with Gasteiger partial charge < -0.3 is 14.6 Å². The number of hydrogen-bond donors (Lipinski definition) is 2. The monoisotopic (exact) mass is 538 g/mol. The summed E-state index contributed by atoms with van der Waals surface area (Å²) in [6.07, 6.45) is 2.96. The Labute approximate surface area is 213 Å². The van der Waals surface area contributed by atoms with Crippen LogP contribution in [0.3, 0.4) is 0 Å². The summed E-state index contributed by atoms with van der Waals surface area (Å²) in [5, 5.41) is 9.79. The quantitative estimate of drug-likeness (QED) is 0.458. The molecule has 1 atom stereocenters. The predicted molar refractivity (Wildman–Crippen MR) is 138 cm³/mol. The van der Waals surface area contributed by atoms with Crippen molar-refractivity contribution in [1.29, 1.82) is 4.78 Å². The van der Waals surface area contributed by atoms with E-state index in [9.17, 15) is 22.5 Å². The van der Waals surface area contributed by atoms with E-state index in [0.29, 0.717) is 36.0 Å². The van der Waals surface area contributed by atoms with Crippen LogP contribution in [0.25, 0.3) is 0 Å². The topological polar surface area (TPSA) is 134 Å². The zero-order chi connectivity index (χ0) is 26.7. The number of nitrogens with zero attached hydrogens (tertiary/aromatic N) is 1. The lowest BCUT2D eigenvalue weighted by atomic mass is 10.0. The lowest BCUT2D eigenvalue weighted by molar-refractivity contribution is 0.0490. The molecule has 1 aliphatic rings. The summed E-state index contributed by atoms with van der Waals surface area (Å²) in [6.45, 7) is 7.21. The van der Waals surface area contributed by atoms with Crippen LogP contribution in [0.5, 0.6) is 5.75 Å². The third-order valence-electron chi connectivity index (χ3n) is 6.00. The first-order valence-corrected chi connectivity index (χ1v) is 15.2. The fraction of sp³-hybridized carbons (Fsp3) is 0.480. The lowest BCUT2D eigenvalue weighted by Crippen LogP contribution is -2.35. The molecule has 1 fully saturated rings. The molecule has 198 valence electrons. The molecular weight excluding hydrogens is 504 g/mol. The maximum Gasteiger partial charge on any atom is 0.339 e. The van der Waals surface area contributed by atoms with Crippen LogP contribution in [-0.4, -0.2) is 56.3 Å². The van der Waals surface area contributed by atoms with Gasteiger partial charge in [0, 0.05) is 30.9 Å². The minimum atomic E-state index is -4.15. The molecule has 1 aliphatic heterocycles. The summed E-state index contributed by atoms with van der Waals surface area (Å²) >= 11 is 0. The van der Waals surface area contributed by atoms with Gasteiger partial charge in [-0.25, -0.2) is 22.2 Å². The average Bonchev–Trinajstić information content (AvgIpc) is 2.81. The second-order valence-corrected chi connectivity index (χ2v) is 13.6. The van der Waals surface area contributed by atoms with Crippen molar-refractivity contribution in [2.45, 2.75) is 43.4 Å². The van der Waals surface area contributed by atoms with Crippen molar-refractivity contribution in [3.63, 3.8) is 0 Å². The molecule has 0 bridgehead atoms. The highest BCUT2D eigenvalue weighted by Crippen LogP contribution is 2.32. The maximum absolute atomic E-state index is 13.8. The Morgan fingerprint density at radius 3 is 2.33 bits per heavy atom. The van der Waals surface area contributed by atoms with Crippen LogP contribution < -0.4 is 9.04 Å². The van der Waals surface area contributed by atoms with Gasteiger partial charge >= 0.3 is 5.97 Å². The minimum Gasteiger partial charge on any atom is -0.492 e. The summed E-state index contributed by atoms with van der Waals surface area (Å²) in [5.74, 6) is -0.945. The van der Waals surface area contributed by atoms with Gasteiger partial charge in [0.25, 0.3) is 10.0 Å². The van der Waals surface area contributed by atoms with Crippen molar-refractivity contribution < 1.29 is 32.0 Å². The van der Waals surface area contributed by atoms with Gasteiger partial charge in [0.2, 0.25) is 0 Å². The number of aryl methyl sites for hydroxylation is 1. The Morgan fingerprint density at radius 1 is 1.14 bits per heavy atom. The average molecular weight is 539 g/mol. The lowest BCUT2D eigenvalue weighted by Gasteiger charge is -2.28. The van der Waals surface area contributed by atoms with E-state index < -0.39 is 25.7 Å². The SMILES string of the molecule is Cc1cc(S(C)(=N)=O)ccc1N(CC(C)C)S(=O)(=O)c1ccc(OCC2CCOCC2)c(C(=O)O)c1. The van der Waals surface area contributed by atoms with E-state index in [2.05, 4.69) is 0 Å². The summed E-state index contributed by atoms with van der Waals surface area (Å²) < 4.78 is 59.9. The van der Waals surface area contributed by atoms with Crippen LogP contribution in [0.2, 0.25) is 0 Å². The van der Waals surface area contributed by atoms with E-state index in [1.165, 1.54) is 28.8 Å². The van der Waals surface area contributed by atoms with E-state index >= 15 is 0 Å². The second-order valence-electron chi connectivity index (χ2n) is 9.55. The molecule has 1 heterocycles. The largest absolute Gasteiger partial charge is 0.492 e. The Balaban J connectivity index is 1.99. The summed E-state index contributed by atoms with van der Waals surface area (Å²) in [7, 11) is -7.11. The van der Waals surface area contributed by atoms with Crippen LogP contribution >= 0.6 is 0 Å². The third-order valence-corrected chi connectivity index (χ3v) is 8.93. The first-order chi connectivity index (χ1) is 16.8. The van der Waals surface area contributed by atoms with Gasteiger partial charge in [0.1, 0.15) is 11.3 Å². The molecule has 2 aromatic rings. The van der Waals surface area contributed by atoms with Gasteiger partial charge in [-0.15, -0.1) is 0 Å². The molecule has 36 heavy (non-hydrogen) atoms. The number of sulfonamides is 1. The van der Waals surface area contributed by atoms with E-state index in [1.54, 1.807) is 19.1 Å². The molecule has 2 N–H and O–H groups in total. The molecule has 0 aliphatic carbocycles. The number of aromatic carboxylic acids is 1. The van der Waals surface area contributed by atoms with Crippen molar-refractivity contribution in [2.24, 2.45) is 11.8 Å². The summed E-state index contributed by atoms with van der Waals surface area (Å²) in [4.78, 5) is 12.1. The first-order valence-electron chi connectivity index (χ1n) is 11.8. The van der Waals surface area contributed by atoms with Crippen LogP contribution in [-0.2, 0) is 24.5 Å². The van der Waals surface area contributed by atoms with Gasteiger partial charge in [0.15, 0.2) is 0 Å². The standard InChI is InChI=1S/C25H34N2O7S2/c1-17(2)15-27(23-7-5-20(13-18(23)3)35(4,26)30)36(31,32)21-6-8-24(22(14-21)25(28)29)34-16-19-9-11-33-12-10-19/h5-8,13-14,17,19,26H,9-12,15-16H2,1-4H3,(H,28,29). The minimum absolute atomic E-state index is 0.0357. The fourth-order valence-electron chi connectivity index (χ4n) is 4.02. The number of nitrogens with one attached hydrogen (secondary N) is 1. The summed E-state index contributed by atoms with van der Waals surface area (Å²) in [6, 6.07) is 8.49. The van der Waals surface area contributed by atoms with Crippen LogP contribution in [0.15, 0.2) is 46.2 Å². The third kappa shape index (κ3) is 6.57. The highest BCUT2D eigenvalue weighted by molar-refractivity contribution is 7.93. The molecule has 9 nitrogen and oxygen atoms in total. The number of rotatable bonds is 10. The van der Waals surface area contributed by atoms with Crippen LogP contribution in [0, 0.1) is 23.5 Å². The normalized spacial score (nSPS) is 16.5. The van der Waals surface area contributed by atoms with E-state index in [1.807, 2.05) is 13.8 Å². The molecule has 0 spiro atoms. The molecule has 1 saturated heterocycles. The molecule has 3 rings (SSSR count). The van der Waals surface area contributed by atoms with Crippen molar-refractivity contribution >= 4 is 31.4 Å². The van der Waals surface area contributed by atoms with Crippen molar-refractivity contribution in [2.75, 3.05) is 36.9 Å². The van der Waals surface area contributed by atoms with E-state index in [-0.39, 0.29) is 34.6 Å². The van der Waals surface area contributed by atoms with Gasteiger partial charge in [-0.1, -0.05) is 13.8 Å². The zero-order valence-corrected chi connectivity index (χ0v) is 22.7. The number of anilines is 1. The van der Waals surface area contributed by atoms with Gasteiger partial charge in [0.05, 0.1) is 26.9 Å². The number of hydrogen-bond acceptors (Lipinski definition) is 7. The number of carbonyl (C=O) groups is 1. The van der Waals surface area contributed by atoms with Crippen LogP contribution in [0.1, 0.15) is 42.6 Å². The molecule has 0 saturated carbocycles. The number of carboxylic acid groups (broad SMARTS) is 1. The number of ether oxygens (including phenoxy) is 2. The van der Waals surface area contributed by atoms with Gasteiger partial charge in [-0.2, -0.15) is 0 Å². The molecular formula is C25H34N2O7S2. The van der Waals surface area contributed by atoms with Crippen molar-refractivity contribution in [1.82, 2.24) is 0 Å². The van der Waals surface area contributed by atoms with Gasteiger partial charge in [-0.3, -0.25) is 4.31 Å². The molecule has 0 radical (unpaired) electrons. The molecule has 11 heteroatoms. The Hall–Kier alpha value is -2.63. The van der Waals surface area contributed by atoms with E-state index in [0.717, 1.165) is 18.9 Å². The zero-order valence-electron chi connectivity index (χ0n) is 21.0. The number of benzene rings is 2. The molecule has 1 unspecified atom stereocenters. The van der Waals surface area contributed by atoms with Gasteiger partial charge in [-0.05, 0) is 73.6 Å². The highest BCUT2D eigenvalue weighted by Gasteiger charge is 2.29. The molecule has 2 aromatic carbocycles. The molecule has 0 amide bonds. The Morgan fingerprint density at radius 2 is 1.78 bits per heavy atom. The smallest absolute Gasteiger partial charge is 0.339 e. The van der Waals surface area contributed by atoms with Crippen molar-refractivity contribution in [3.8, 4) is 5.75 Å². The Bertz CT molecular complexity index is 1320. The van der Waals surface area contributed by atoms with Crippen LogP contribution in [0.4, 0.5) is 5.69 Å². The molecule has 0 aromatic heterocycles. The summed E-state index contributed by atoms with van der Waals surface area (Å²) in [5.41, 5.74) is 0.709. The second kappa shape index (κ2) is 11.2. The number of carboxylic acids is 1.